The lowest BCUT2D eigenvalue weighted by atomic mass is 10.0. The average Bonchev–Trinajstić information content (AvgIpc) is 2.95. The summed E-state index contributed by atoms with van der Waals surface area (Å²) in [4.78, 5) is 0. The van der Waals surface area contributed by atoms with Crippen molar-refractivity contribution < 1.29 is 19.7 Å². The predicted octanol–water partition coefficient (Wildman–Crippen LogP) is 2.45. The van der Waals surface area contributed by atoms with Crippen LogP contribution in [0, 0.1) is 0 Å². The molecule has 2 aromatic carbocycles. The summed E-state index contributed by atoms with van der Waals surface area (Å²) in [5, 5.41) is 18.9. The maximum absolute atomic E-state index is 9.78. The van der Waals surface area contributed by atoms with Gasteiger partial charge in [-0.1, -0.05) is 42.5 Å². The first kappa shape index (κ1) is 15.0. The molecule has 0 radical (unpaired) electrons. The third kappa shape index (κ3) is 3.47. The molecule has 0 unspecified atom stereocenters. The first-order valence-electron chi connectivity index (χ1n) is 7.47. The molecule has 1 saturated heterocycles. The van der Waals surface area contributed by atoms with Gasteiger partial charge in [0.2, 0.25) is 0 Å². The van der Waals surface area contributed by atoms with Crippen molar-refractivity contribution in [2.75, 3.05) is 6.61 Å². The van der Waals surface area contributed by atoms with Crippen molar-refractivity contribution in [3.63, 3.8) is 0 Å². The van der Waals surface area contributed by atoms with Crippen LogP contribution in [0.25, 0.3) is 0 Å². The standard InChI is InChI=1S/C18H20O4/c19-11-18-16(20)10-17(22-18)14-6-8-15(9-7-14)21-12-13-4-2-1-3-5-13/h1-9,16-20H,10-12H2/t16-,17+,18+/m0/s1. The van der Waals surface area contributed by atoms with Crippen molar-refractivity contribution in [1.29, 1.82) is 0 Å². The molecule has 2 aromatic rings. The minimum absolute atomic E-state index is 0.157. The molecule has 4 heteroatoms. The summed E-state index contributed by atoms with van der Waals surface area (Å²) in [6.07, 6.45) is -0.756. The van der Waals surface area contributed by atoms with Gasteiger partial charge in [-0.3, -0.25) is 0 Å². The maximum atomic E-state index is 9.78. The topological polar surface area (TPSA) is 58.9 Å². The minimum Gasteiger partial charge on any atom is -0.489 e. The second kappa shape index (κ2) is 6.92. The molecular formula is C18H20O4. The molecule has 1 aliphatic rings. The van der Waals surface area contributed by atoms with E-state index in [0.717, 1.165) is 16.9 Å². The van der Waals surface area contributed by atoms with Gasteiger partial charge in [-0.15, -0.1) is 0 Å². The third-order valence-corrected chi connectivity index (χ3v) is 3.90. The Hall–Kier alpha value is -1.88. The Labute approximate surface area is 129 Å². The maximum Gasteiger partial charge on any atom is 0.119 e. The lowest BCUT2D eigenvalue weighted by molar-refractivity contribution is -0.0225. The molecule has 0 saturated carbocycles. The zero-order valence-electron chi connectivity index (χ0n) is 12.3. The zero-order valence-corrected chi connectivity index (χ0v) is 12.3. The van der Waals surface area contributed by atoms with Crippen LogP contribution in [0.2, 0.25) is 0 Å². The van der Waals surface area contributed by atoms with Crippen LogP contribution in [0.15, 0.2) is 54.6 Å². The van der Waals surface area contributed by atoms with Crippen LogP contribution in [-0.2, 0) is 11.3 Å². The Morgan fingerprint density at radius 3 is 2.41 bits per heavy atom. The van der Waals surface area contributed by atoms with E-state index in [9.17, 15) is 5.11 Å². The molecule has 22 heavy (non-hydrogen) atoms. The fourth-order valence-corrected chi connectivity index (χ4v) is 2.63. The van der Waals surface area contributed by atoms with Crippen LogP contribution in [0.5, 0.6) is 5.75 Å². The molecule has 0 spiro atoms. The van der Waals surface area contributed by atoms with Crippen molar-refractivity contribution >= 4 is 0 Å². The van der Waals surface area contributed by atoms with E-state index in [1.807, 2.05) is 54.6 Å². The highest BCUT2D eigenvalue weighted by molar-refractivity contribution is 5.29. The van der Waals surface area contributed by atoms with Gasteiger partial charge in [0.05, 0.1) is 18.8 Å². The number of hydrogen-bond acceptors (Lipinski definition) is 4. The van der Waals surface area contributed by atoms with E-state index in [0.29, 0.717) is 13.0 Å². The largest absolute Gasteiger partial charge is 0.489 e. The first-order chi connectivity index (χ1) is 10.8. The highest BCUT2D eigenvalue weighted by Gasteiger charge is 2.34. The summed E-state index contributed by atoms with van der Waals surface area (Å²) in [5.74, 6) is 0.796. The van der Waals surface area contributed by atoms with Crippen LogP contribution in [-0.4, -0.2) is 29.0 Å². The van der Waals surface area contributed by atoms with Crippen LogP contribution in [0.4, 0.5) is 0 Å². The van der Waals surface area contributed by atoms with Gasteiger partial charge in [-0.05, 0) is 23.3 Å². The van der Waals surface area contributed by atoms with E-state index in [1.165, 1.54) is 0 Å². The highest BCUT2D eigenvalue weighted by atomic mass is 16.5. The molecule has 3 atom stereocenters. The van der Waals surface area contributed by atoms with Gasteiger partial charge in [0.15, 0.2) is 0 Å². The Morgan fingerprint density at radius 2 is 1.77 bits per heavy atom. The van der Waals surface area contributed by atoms with E-state index in [-0.39, 0.29) is 12.7 Å². The van der Waals surface area contributed by atoms with E-state index in [2.05, 4.69) is 0 Å². The van der Waals surface area contributed by atoms with Gasteiger partial charge < -0.3 is 19.7 Å². The van der Waals surface area contributed by atoms with Crippen molar-refractivity contribution in [2.24, 2.45) is 0 Å². The van der Waals surface area contributed by atoms with Crippen LogP contribution >= 0.6 is 0 Å². The molecule has 116 valence electrons. The molecule has 1 aliphatic heterocycles. The quantitative estimate of drug-likeness (QED) is 0.890. The lowest BCUT2D eigenvalue weighted by Gasteiger charge is -2.13. The number of rotatable bonds is 5. The van der Waals surface area contributed by atoms with E-state index in [4.69, 9.17) is 14.6 Å². The Balaban J connectivity index is 1.59. The second-order valence-corrected chi connectivity index (χ2v) is 5.49. The molecule has 0 aromatic heterocycles. The van der Waals surface area contributed by atoms with E-state index in [1.54, 1.807) is 0 Å². The fraction of sp³-hybridized carbons (Fsp3) is 0.333. The third-order valence-electron chi connectivity index (χ3n) is 3.90. The molecular weight excluding hydrogens is 280 g/mol. The number of aliphatic hydroxyl groups is 2. The SMILES string of the molecule is OC[C@H]1O[C@@H](c2ccc(OCc3ccccc3)cc2)C[C@@H]1O. The summed E-state index contributed by atoms with van der Waals surface area (Å²) in [6, 6.07) is 17.7. The number of aliphatic hydroxyl groups excluding tert-OH is 2. The summed E-state index contributed by atoms with van der Waals surface area (Å²) < 4.78 is 11.4. The summed E-state index contributed by atoms with van der Waals surface area (Å²) in [7, 11) is 0. The van der Waals surface area contributed by atoms with Gasteiger partial charge in [0.25, 0.3) is 0 Å². The fourth-order valence-electron chi connectivity index (χ4n) is 2.63. The molecule has 1 heterocycles. The smallest absolute Gasteiger partial charge is 0.119 e. The number of hydrogen-bond donors (Lipinski definition) is 2. The van der Waals surface area contributed by atoms with Gasteiger partial charge in [0.1, 0.15) is 18.5 Å². The lowest BCUT2D eigenvalue weighted by Crippen LogP contribution is -2.24. The Morgan fingerprint density at radius 1 is 1.05 bits per heavy atom. The Bertz CT molecular complexity index is 582. The molecule has 2 N–H and O–H groups in total. The molecule has 4 nitrogen and oxygen atoms in total. The van der Waals surface area contributed by atoms with E-state index < -0.39 is 12.2 Å². The zero-order chi connectivity index (χ0) is 15.4. The number of benzene rings is 2. The summed E-state index contributed by atoms with van der Waals surface area (Å²) in [6.45, 7) is 0.376. The van der Waals surface area contributed by atoms with Crippen molar-refractivity contribution in [1.82, 2.24) is 0 Å². The molecule has 0 aliphatic carbocycles. The monoisotopic (exact) mass is 300 g/mol. The van der Waals surface area contributed by atoms with Gasteiger partial charge in [-0.2, -0.15) is 0 Å². The van der Waals surface area contributed by atoms with Crippen molar-refractivity contribution in [3.8, 4) is 5.75 Å². The molecule has 0 amide bonds. The van der Waals surface area contributed by atoms with Crippen LogP contribution in [0.3, 0.4) is 0 Å². The number of ether oxygens (including phenoxy) is 2. The molecule has 3 rings (SSSR count). The van der Waals surface area contributed by atoms with Gasteiger partial charge in [0, 0.05) is 6.42 Å². The summed E-state index contributed by atoms with van der Waals surface area (Å²) in [5.41, 5.74) is 2.11. The van der Waals surface area contributed by atoms with Crippen LogP contribution < -0.4 is 4.74 Å². The van der Waals surface area contributed by atoms with Crippen molar-refractivity contribution in [3.05, 3.63) is 65.7 Å². The minimum atomic E-state index is -0.607. The van der Waals surface area contributed by atoms with E-state index >= 15 is 0 Å². The molecule has 0 bridgehead atoms. The first-order valence-corrected chi connectivity index (χ1v) is 7.47. The van der Waals surface area contributed by atoms with Crippen molar-refractivity contribution in [2.45, 2.75) is 31.3 Å². The van der Waals surface area contributed by atoms with Gasteiger partial charge >= 0.3 is 0 Å². The Kier molecular flexibility index (Phi) is 4.73. The normalized spacial score (nSPS) is 24.4. The highest BCUT2D eigenvalue weighted by Crippen LogP contribution is 2.33. The van der Waals surface area contributed by atoms with Gasteiger partial charge in [-0.25, -0.2) is 0 Å². The average molecular weight is 300 g/mol. The second-order valence-electron chi connectivity index (χ2n) is 5.49. The summed E-state index contributed by atoms with van der Waals surface area (Å²) >= 11 is 0. The van der Waals surface area contributed by atoms with Crippen LogP contribution in [0.1, 0.15) is 23.7 Å². The predicted molar refractivity (Wildman–Crippen MR) is 82.5 cm³/mol. The molecule has 1 fully saturated rings.